The summed E-state index contributed by atoms with van der Waals surface area (Å²) in [6, 6.07) is 7.88. The van der Waals surface area contributed by atoms with E-state index in [0.717, 1.165) is 42.5 Å². The van der Waals surface area contributed by atoms with Gasteiger partial charge in [0.2, 0.25) is 5.78 Å². The van der Waals surface area contributed by atoms with E-state index in [1.807, 2.05) is 31.2 Å². The van der Waals surface area contributed by atoms with Gasteiger partial charge in [0.15, 0.2) is 5.76 Å². The molecule has 3 heteroatoms. The van der Waals surface area contributed by atoms with Crippen LogP contribution in [0.4, 0.5) is 0 Å². The molecule has 0 aliphatic carbocycles. The van der Waals surface area contributed by atoms with Crippen LogP contribution in [0.25, 0.3) is 11.0 Å². The van der Waals surface area contributed by atoms with Crippen LogP contribution in [0.3, 0.4) is 0 Å². The number of rotatable bonds is 3. The molecule has 1 unspecified atom stereocenters. The zero-order chi connectivity index (χ0) is 13.5. The van der Waals surface area contributed by atoms with Crippen LogP contribution >= 0.6 is 0 Å². The average molecular weight is 257 g/mol. The van der Waals surface area contributed by atoms with E-state index < -0.39 is 0 Å². The van der Waals surface area contributed by atoms with E-state index in [1.165, 1.54) is 0 Å². The fraction of sp³-hybridized carbons (Fsp3) is 0.438. The van der Waals surface area contributed by atoms with Gasteiger partial charge in [-0.3, -0.25) is 4.79 Å². The van der Waals surface area contributed by atoms with Gasteiger partial charge in [-0.05, 0) is 37.9 Å². The van der Waals surface area contributed by atoms with Crippen LogP contribution in [0.2, 0.25) is 0 Å². The zero-order valence-electron chi connectivity index (χ0n) is 11.5. The Morgan fingerprint density at radius 1 is 1.47 bits per heavy atom. The lowest BCUT2D eigenvalue weighted by atomic mass is 9.79. The third kappa shape index (κ3) is 1.89. The maximum atomic E-state index is 12.7. The molecule has 19 heavy (non-hydrogen) atoms. The monoisotopic (exact) mass is 257 g/mol. The van der Waals surface area contributed by atoms with Crippen molar-refractivity contribution in [1.29, 1.82) is 0 Å². The minimum absolute atomic E-state index is 0.149. The Bertz CT molecular complexity index is 621. The fourth-order valence-electron chi connectivity index (χ4n) is 2.98. The average Bonchev–Trinajstić information content (AvgIpc) is 3.06. The first-order valence-corrected chi connectivity index (χ1v) is 6.91. The van der Waals surface area contributed by atoms with Gasteiger partial charge < -0.3 is 9.73 Å². The molecule has 1 fully saturated rings. The first kappa shape index (κ1) is 12.4. The van der Waals surface area contributed by atoms with Crippen LogP contribution in [0, 0.1) is 12.3 Å². The summed E-state index contributed by atoms with van der Waals surface area (Å²) in [5.74, 6) is 0.658. The molecule has 2 heterocycles. The third-order valence-electron chi connectivity index (χ3n) is 4.37. The van der Waals surface area contributed by atoms with Crippen molar-refractivity contribution in [2.24, 2.45) is 5.41 Å². The predicted molar refractivity (Wildman–Crippen MR) is 75.5 cm³/mol. The number of para-hydroxylation sites is 1. The Kier molecular flexibility index (Phi) is 2.94. The highest BCUT2D eigenvalue weighted by atomic mass is 16.3. The van der Waals surface area contributed by atoms with E-state index in [4.69, 9.17) is 4.42 Å². The molecule has 2 aromatic rings. The quantitative estimate of drug-likeness (QED) is 0.858. The molecule has 1 aliphatic rings. The second-order valence-electron chi connectivity index (χ2n) is 5.49. The molecule has 1 aliphatic heterocycles. The van der Waals surface area contributed by atoms with Gasteiger partial charge >= 0.3 is 0 Å². The summed E-state index contributed by atoms with van der Waals surface area (Å²) < 4.78 is 5.82. The van der Waals surface area contributed by atoms with Gasteiger partial charge in [-0.25, -0.2) is 0 Å². The Morgan fingerprint density at radius 2 is 2.32 bits per heavy atom. The number of benzene rings is 1. The smallest absolute Gasteiger partial charge is 0.205 e. The van der Waals surface area contributed by atoms with Crippen LogP contribution in [0.15, 0.2) is 28.7 Å². The Balaban J connectivity index is 2.04. The van der Waals surface area contributed by atoms with E-state index in [2.05, 4.69) is 12.2 Å². The van der Waals surface area contributed by atoms with Crippen molar-refractivity contribution < 1.29 is 9.21 Å². The fourth-order valence-corrected chi connectivity index (χ4v) is 2.98. The number of hydrogen-bond donors (Lipinski definition) is 1. The van der Waals surface area contributed by atoms with Crippen molar-refractivity contribution in [3.8, 4) is 0 Å². The van der Waals surface area contributed by atoms with Crippen LogP contribution in [-0.2, 0) is 0 Å². The molecule has 1 aromatic carbocycles. The maximum absolute atomic E-state index is 12.7. The lowest BCUT2D eigenvalue weighted by molar-refractivity contribution is 0.0782. The van der Waals surface area contributed by atoms with E-state index >= 15 is 0 Å². The molecule has 1 saturated heterocycles. The number of Topliss-reactive ketones (excluding diaryl/α,β-unsaturated/α-hetero) is 1. The molecule has 0 radical (unpaired) electrons. The predicted octanol–water partition coefficient (Wildman–Crippen LogP) is 3.31. The topological polar surface area (TPSA) is 42.2 Å². The molecule has 1 aromatic heterocycles. The van der Waals surface area contributed by atoms with Crippen molar-refractivity contribution in [2.45, 2.75) is 26.7 Å². The summed E-state index contributed by atoms with van der Waals surface area (Å²) in [7, 11) is 0. The Hall–Kier alpha value is -1.61. The first-order chi connectivity index (χ1) is 9.16. The normalized spacial score (nSPS) is 23.1. The molecule has 0 spiro atoms. The standard InChI is InChI=1S/C16H19NO2/c1-3-16(7-8-17-10-16)15(18)13-9-12-6-4-5-11(2)14(12)19-13/h4-6,9,17H,3,7-8,10H2,1-2H3. The van der Waals surface area contributed by atoms with Gasteiger partial charge in [0, 0.05) is 11.9 Å². The summed E-state index contributed by atoms with van der Waals surface area (Å²) in [5, 5.41) is 4.31. The molecule has 3 nitrogen and oxygen atoms in total. The van der Waals surface area contributed by atoms with Crippen molar-refractivity contribution in [1.82, 2.24) is 5.32 Å². The van der Waals surface area contributed by atoms with Crippen LogP contribution in [-0.4, -0.2) is 18.9 Å². The molecule has 1 atom stereocenters. The highest BCUT2D eigenvalue weighted by Crippen LogP contribution is 2.35. The lowest BCUT2D eigenvalue weighted by Crippen LogP contribution is -2.32. The molecule has 0 saturated carbocycles. The van der Waals surface area contributed by atoms with Crippen LogP contribution in [0.5, 0.6) is 0 Å². The summed E-state index contributed by atoms with van der Waals surface area (Å²) >= 11 is 0. The number of furan rings is 1. The number of aryl methyl sites for hydroxylation is 1. The largest absolute Gasteiger partial charge is 0.453 e. The Labute approximate surface area is 113 Å². The highest BCUT2D eigenvalue weighted by Gasteiger charge is 2.41. The zero-order valence-corrected chi connectivity index (χ0v) is 11.5. The molecular formula is C16H19NO2. The summed E-state index contributed by atoms with van der Waals surface area (Å²) in [4.78, 5) is 12.7. The third-order valence-corrected chi connectivity index (χ3v) is 4.37. The molecule has 1 N–H and O–H groups in total. The number of ketones is 1. The Morgan fingerprint density at radius 3 is 2.95 bits per heavy atom. The van der Waals surface area contributed by atoms with Gasteiger partial charge in [0.25, 0.3) is 0 Å². The minimum atomic E-state index is -0.276. The first-order valence-electron chi connectivity index (χ1n) is 6.91. The van der Waals surface area contributed by atoms with E-state index in [1.54, 1.807) is 0 Å². The summed E-state index contributed by atoms with van der Waals surface area (Å²) in [6.07, 6.45) is 1.76. The van der Waals surface area contributed by atoms with Gasteiger partial charge in [-0.1, -0.05) is 25.1 Å². The maximum Gasteiger partial charge on any atom is 0.205 e. The molecule has 0 amide bonds. The van der Waals surface area contributed by atoms with E-state index in [9.17, 15) is 4.79 Å². The minimum Gasteiger partial charge on any atom is -0.453 e. The number of hydrogen-bond acceptors (Lipinski definition) is 3. The molecule has 100 valence electrons. The van der Waals surface area contributed by atoms with Crippen molar-refractivity contribution in [2.75, 3.05) is 13.1 Å². The van der Waals surface area contributed by atoms with E-state index in [0.29, 0.717) is 5.76 Å². The number of fused-ring (bicyclic) bond motifs is 1. The van der Waals surface area contributed by atoms with Crippen molar-refractivity contribution in [3.05, 3.63) is 35.6 Å². The lowest BCUT2D eigenvalue weighted by Gasteiger charge is -2.23. The van der Waals surface area contributed by atoms with E-state index in [-0.39, 0.29) is 11.2 Å². The van der Waals surface area contributed by atoms with Crippen molar-refractivity contribution in [3.63, 3.8) is 0 Å². The van der Waals surface area contributed by atoms with Gasteiger partial charge in [-0.15, -0.1) is 0 Å². The van der Waals surface area contributed by atoms with Gasteiger partial charge in [-0.2, -0.15) is 0 Å². The summed E-state index contributed by atoms with van der Waals surface area (Å²) in [5.41, 5.74) is 1.64. The van der Waals surface area contributed by atoms with Gasteiger partial charge in [0.05, 0.1) is 5.41 Å². The van der Waals surface area contributed by atoms with Crippen LogP contribution < -0.4 is 5.32 Å². The van der Waals surface area contributed by atoms with Gasteiger partial charge in [0.1, 0.15) is 5.58 Å². The molecular weight excluding hydrogens is 238 g/mol. The highest BCUT2D eigenvalue weighted by molar-refractivity contribution is 6.02. The number of carbonyl (C=O) groups is 1. The second kappa shape index (κ2) is 4.49. The van der Waals surface area contributed by atoms with Crippen LogP contribution in [0.1, 0.15) is 35.9 Å². The van der Waals surface area contributed by atoms with Crippen molar-refractivity contribution >= 4 is 16.8 Å². The molecule has 3 rings (SSSR count). The second-order valence-corrected chi connectivity index (χ2v) is 5.49. The molecule has 0 bridgehead atoms. The number of nitrogens with one attached hydrogen (secondary N) is 1. The summed E-state index contributed by atoms with van der Waals surface area (Å²) in [6.45, 7) is 5.77. The SMILES string of the molecule is CCC1(C(=O)c2cc3cccc(C)c3o2)CCNC1. The number of carbonyl (C=O) groups excluding carboxylic acids is 1.